The maximum atomic E-state index is 8.53. The molecule has 0 aliphatic carbocycles. The molecule has 0 aliphatic heterocycles. The first-order valence-electron chi connectivity index (χ1n) is 4.62. The predicted molar refractivity (Wildman–Crippen MR) is 71.1 cm³/mol. The fourth-order valence-corrected chi connectivity index (χ4v) is 1.85. The van der Waals surface area contributed by atoms with E-state index in [0.717, 1.165) is 38.2 Å². The molecule has 3 nitrogen and oxygen atoms in total. The second kappa shape index (κ2) is 7.40. The van der Waals surface area contributed by atoms with Gasteiger partial charge in [-0.1, -0.05) is 66.7 Å². The maximum Gasteiger partial charge on any atom is 0.297 e. The van der Waals surface area contributed by atoms with Crippen LogP contribution in [0.15, 0.2) is 12.2 Å². The maximum absolute atomic E-state index is 8.53. The van der Waals surface area contributed by atoms with E-state index in [0.29, 0.717) is 0 Å². The number of aliphatic hydroxyl groups is 3. The summed E-state index contributed by atoms with van der Waals surface area (Å²) in [5, 5.41) is 25.6. The molecule has 0 fully saturated rings. The number of hydrogen-bond acceptors (Lipinski definition) is 3. The first-order chi connectivity index (χ1) is 6.71. The van der Waals surface area contributed by atoms with Crippen LogP contribution in [-0.2, 0) is 0 Å². The fourth-order valence-electron chi connectivity index (χ4n) is 1.01. The van der Waals surface area contributed by atoms with Gasteiger partial charge in [0, 0.05) is 0 Å². The minimum Gasteiger partial charge on any atom is -0.340 e. The quantitative estimate of drug-likeness (QED) is 0.273. The van der Waals surface area contributed by atoms with Crippen molar-refractivity contribution in [2.75, 3.05) is 0 Å². The normalized spacial score (nSPS) is 13.7. The van der Waals surface area contributed by atoms with E-state index >= 15 is 0 Å². The molecule has 0 aromatic rings. The van der Waals surface area contributed by atoms with Gasteiger partial charge in [0.25, 0.3) is 5.97 Å². The largest absolute Gasteiger partial charge is 0.340 e. The van der Waals surface area contributed by atoms with Gasteiger partial charge in [-0.3, -0.25) is 0 Å². The molecule has 0 aromatic heterocycles. The van der Waals surface area contributed by atoms with Gasteiger partial charge in [-0.25, -0.2) is 0 Å². The lowest BCUT2D eigenvalue weighted by molar-refractivity contribution is -0.273. The lowest BCUT2D eigenvalue weighted by atomic mass is 10.1. The van der Waals surface area contributed by atoms with Crippen LogP contribution >= 0.6 is 47.8 Å². The molecule has 0 amide bonds. The van der Waals surface area contributed by atoms with Gasteiger partial charge in [-0.05, 0) is 25.3 Å². The summed E-state index contributed by atoms with van der Waals surface area (Å²) in [6.07, 6.45) is 7.27. The van der Waals surface area contributed by atoms with Gasteiger partial charge in [0.15, 0.2) is 0 Å². The Kier molecular flexibility index (Phi) is 7.92. The van der Waals surface area contributed by atoms with Crippen LogP contribution in [0.1, 0.15) is 32.1 Å². The van der Waals surface area contributed by atoms with Crippen molar-refractivity contribution in [1.82, 2.24) is 0 Å². The van der Waals surface area contributed by atoms with Gasteiger partial charge in [0.1, 0.15) is 2.14 Å². The van der Waals surface area contributed by atoms with E-state index in [1.807, 2.05) is 0 Å². The smallest absolute Gasteiger partial charge is 0.297 e. The lowest BCUT2D eigenvalue weighted by Crippen LogP contribution is -2.23. The third-order valence-electron chi connectivity index (χ3n) is 1.67. The van der Waals surface area contributed by atoms with E-state index in [-0.39, 0.29) is 2.14 Å². The van der Waals surface area contributed by atoms with Crippen LogP contribution in [0.3, 0.4) is 0 Å². The monoisotopic (exact) mass is 408 g/mol. The van der Waals surface area contributed by atoms with Crippen molar-refractivity contribution in [3.05, 3.63) is 12.2 Å². The molecule has 0 rings (SSSR count). The zero-order valence-electron chi connectivity index (χ0n) is 8.17. The summed E-state index contributed by atoms with van der Waals surface area (Å²) in [4.78, 5) is 0. The predicted octanol–water partition coefficient (Wildman–Crippen LogP) is 2.96. The molecule has 0 unspecified atom stereocenters. The Morgan fingerprint density at radius 3 is 2.00 bits per heavy atom. The molecule has 6 heteroatoms. The van der Waals surface area contributed by atoms with E-state index in [4.69, 9.17) is 15.3 Å². The minimum atomic E-state index is -2.67. The number of unbranched alkanes of at least 4 members (excludes halogenated alkanes) is 3. The molecule has 15 heavy (non-hydrogen) atoms. The lowest BCUT2D eigenvalue weighted by Gasteiger charge is -2.10. The molecule has 0 bridgehead atoms. The van der Waals surface area contributed by atoms with Crippen LogP contribution < -0.4 is 0 Å². The summed E-state index contributed by atoms with van der Waals surface area (Å²) in [6.45, 7) is 0. The number of alkyl halides is 3. The zero-order valence-corrected chi connectivity index (χ0v) is 12.9. The molecule has 0 heterocycles. The fraction of sp³-hybridized carbons (Fsp3) is 0.778. The van der Waals surface area contributed by atoms with Gasteiger partial charge in [0.05, 0.1) is 0 Å². The Morgan fingerprint density at radius 1 is 0.933 bits per heavy atom. The molecule has 0 saturated heterocycles. The summed E-state index contributed by atoms with van der Waals surface area (Å²) in [7, 11) is 0. The zero-order chi connectivity index (χ0) is 11.9. The Labute approximate surface area is 115 Å². The van der Waals surface area contributed by atoms with Crippen molar-refractivity contribution in [3.63, 3.8) is 0 Å². The molecule has 0 atom stereocenters. The van der Waals surface area contributed by atoms with E-state index in [1.165, 1.54) is 0 Å². The summed E-state index contributed by atoms with van der Waals surface area (Å²) >= 11 is 10.2. The Balaban J connectivity index is 3.37. The molecule has 0 radical (unpaired) electrons. The summed E-state index contributed by atoms with van der Waals surface area (Å²) in [6, 6.07) is 0. The highest BCUT2D eigenvalue weighted by molar-refractivity contribution is 9.39. The third-order valence-corrected chi connectivity index (χ3v) is 2.86. The third kappa shape index (κ3) is 15.1. The Morgan fingerprint density at radius 2 is 1.53 bits per heavy atom. The van der Waals surface area contributed by atoms with Gasteiger partial charge >= 0.3 is 0 Å². The SMILES string of the molecule is OC(O)(O)C=CCCCCCC(Br)(Br)Br. The average Bonchev–Trinajstić information content (AvgIpc) is 1.98. The van der Waals surface area contributed by atoms with Crippen molar-refractivity contribution < 1.29 is 15.3 Å². The number of allylic oxidation sites excluding steroid dienone is 1. The second-order valence-electron chi connectivity index (χ2n) is 3.30. The molecule has 0 saturated carbocycles. The van der Waals surface area contributed by atoms with E-state index < -0.39 is 5.97 Å². The summed E-state index contributed by atoms with van der Waals surface area (Å²) < 4.78 is -0.167. The van der Waals surface area contributed by atoms with Gasteiger partial charge in [0.2, 0.25) is 0 Å². The molecule has 0 aliphatic rings. The molecule has 0 spiro atoms. The molecular weight excluding hydrogens is 396 g/mol. The average molecular weight is 411 g/mol. The standard InChI is InChI=1S/C9H15Br3O3/c10-8(11,12)6-4-2-1-3-5-7-9(13,14)15/h5,7,13-15H,1-4,6H2. The summed E-state index contributed by atoms with van der Waals surface area (Å²) in [5.41, 5.74) is 0. The van der Waals surface area contributed by atoms with Gasteiger partial charge in [-0.15, -0.1) is 0 Å². The van der Waals surface area contributed by atoms with Crippen LogP contribution in [0.4, 0.5) is 0 Å². The van der Waals surface area contributed by atoms with Crippen LogP contribution in [0.2, 0.25) is 0 Å². The van der Waals surface area contributed by atoms with E-state index in [2.05, 4.69) is 47.8 Å². The van der Waals surface area contributed by atoms with Crippen molar-refractivity contribution in [2.24, 2.45) is 0 Å². The van der Waals surface area contributed by atoms with Crippen molar-refractivity contribution in [2.45, 2.75) is 40.2 Å². The van der Waals surface area contributed by atoms with Crippen molar-refractivity contribution >= 4 is 47.8 Å². The highest BCUT2D eigenvalue weighted by Crippen LogP contribution is 2.38. The Bertz CT molecular complexity index is 194. The molecule has 0 aromatic carbocycles. The number of halogens is 3. The Hall–Kier alpha value is 1.06. The summed E-state index contributed by atoms with van der Waals surface area (Å²) in [5.74, 6) is -2.67. The van der Waals surface area contributed by atoms with Gasteiger partial charge < -0.3 is 15.3 Å². The first kappa shape index (κ1) is 16.1. The van der Waals surface area contributed by atoms with E-state index in [9.17, 15) is 0 Å². The minimum absolute atomic E-state index is 0.167. The second-order valence-corrected chi connectivity index (χ2v) is 10.6. The van der Waals surface area contributed by atoms with Crippen LogP contribution in [0.5, 0.6) is 0 Å². The number of hydrogen-bond donors (Lipinski definition) is 3. The highest BCUT2D eigenvalue weighted by Gasteiger charge is 2.16. The molecular formula is C9H15Br3O3. The molecule has 3 N–H and O–H groups in total. The van der Waals surface area contributed by atoms with Crippen LogP contribution in [-0.4, -0.2) is 23.4 Å². The van der Waals surface area contributed by atoms with Gasteiger partial charge in [-0.2, -0.15) is 0 Å². The first-order valence-corrected chi connectivity index (χ1v) is 7.00. The van der Waals surface area contributed by atoms with Crippen LogP contribution in [0.25, 0.3) is 0 Å². The highest BCUT2D eigenvalue weighted by atomic mass is 80.0. The van der Waals surface area contributed by atoms with Crippen LogP contribution in [0, 0.1) is 0 Å². The topological polar surface area (TPSA) is 60.7 Å². The molecule has 90 valence electrons. The van der Waals surface area contributed by atoms with E-state index in [1.54, 1.807) is 6.08 Å². The van der Waals surface area contributed by atoms with Crippen molar-refractivity contribution in [1.29, 1.82) is 0 Å². The number of rotatable bonds is 6. The van der Waals surface area contributed by atoms with Crippen molar-refractivity contribution in [3.8, 4) is 0 Å².